The lowest BCUT2D eigenvalue weighted by atomic mass is 10.2. The van der Waals surface area contributed by atoms with Crippen molar-refractivity contribution in [3.05, 3.63) is 93.7 Å². The molecule has 0 bridgehead atoms. The number of hydrazone groups is 1. The Bertz CT molecular complexity index is 1120. The monoisotopic (exact) mass is 460 g/mol. The zero-order valence-electron chi connectivity index (χ0n) is 15.8. The SMILES string of the molecule is O=C(COc1cccc(Cl)c1Cl)N/N=C/c1ccc(OC(=O)c2ccccc2F)cc1. The number of esters is 1. The second-order valence-electron chi connectivity index (χ2n) is 6.07. The van der Waals surface area contributed by atoms with E-state index in [4.69, 9.17) is 32.7 Å². The molecule has 0 aliphatic rings. The van der Waals surface area contributed by atoms with Crippen LogP contribution in [0.2, 0.25) is 10.0 Å². The lowest BCUT2D eigenvalue weighted by Gasteiger charge is -2.07. The van der Waals surface area contributed by atoms with Gasteiger partial charge in [0.2, 0.25) is 0 Å². The third kappa shape index (κ3) is 6.28. The zero-order chi connectivity index (χ0) is 22.2. The minimum Gasteiger partial charge on any atom is -0.482 e. The first-order valence-corrected chi connectivity index (χ1v) is 9.65. The van der Waals surface area contributed by atoms with Crippen molar-refractivity contribution in [1.82, 2.24) is 5.43 Å². The Hall–Kier alpha value is -3.42. The van der Waals surface area contributed by atoms with Crippen molar-refractivity contribution in [1.29, 1.82) is 0 Å². The Labute approximate surface area is 187 Å². The van der Waals surface area contributed by atoms with Crippen molar-refractivity contribution in [3.8, 4) is 11.5 Å². The van der Waals surface area contributed by atoms with Gasteiger partial charge in [0, 0.05) is 0 Å². The fraction of sp³-hybridized carbons (Fsp3) is 0.0455. The number of carbonyl (C=O) groups excluding carboxylic acids is 2. The van der Waals surface area contributed by atoms with Crippen molar-refractivity contribution in [3.63, 3.8) is 0 Å². The fourth-order valence-corrected chi connectivity index (χ4v) is 2.71. The Kier molecular flexibility index (Phi) is 7.59. The maximum absolute atomic E-state index is 13.6. The number of amides is 1. The molecule has 0 aliphatic heterocycles. The van der Waals surface area contributed by atoms with Gasteiger partial charge in [-0.1, -0.05) is 41.4 Å². The van der Waals surface area contributed by atoms with E-state index in [2.05, 4.69) is 10.5 Å². The lowest BCUT2D eigenvalue weighted by molar-refractivity contribution is -0.123. The average molecular weight is 461 g/mol. The molecule has 3 rings (SSSR count). The third-order valence-corrected chi connectivity index (χ3v) is 4.66. The molecule has 0 fully saturated rings. The van der Waals surface area contributed by atoms with Crippen LogP contribution in [-0.4, -0.2) is 24.7 Å². The van der Waals surface area contributed by atoms with Gasteiger partial charge >= 0.3 is 5.97 Å². The summed E-state index contributed by atoms with van der Waals surface area (Å²) in [4.78, 5) is 23.8. The predicted molar refractivity (Wildman–Crippen MR) is 115 cm³/mol. The molecule has 0 spiro atoms. The molecule has 31 heavy (non-hydrogen) atoms. The zero-order valence-corrected chi connectivity index (χ0v) is 17.4. The van der Waals surface area contributed by atoms with Crippen LogP contribution in [0.3, 0.4) is 0 Å². The minimum absolute atomic E-state index is 0.155. The molecule has 3 aromatic carbocycles. The van der Waals surface area contributed by atoms with Gasteiger partial charge in [0.15, 0.2) is 6.61 Å². The second kappa shape index (κ2) is 10.6. The number of carbonyl (C=O) groups is 2. The van der Waals surface area contributed by atoms with Crippen LogP contribution in [0.5, 0.6) is 11.5 Å². The van der Waals surface area contributed by atoms with Crippen molar-refractivity contribution in [2.75, 3.05) is 6.61 Å². The molecular formula is C22H15Cl2FN2O4. The van der Waals surface area contributed by atoms with Crippen molar-refractivity contribution in [2.45, 2.75) is 0 Å². The van der Waals surface area contributed by atoms with Gasteiger partial charge in [-0.25, -0.2) is 14.6 Å². The van der Waals surface area contributed by atoms with Crippen molar-refractivity contribution >= 4 is 41.3 Å². The molecular weight excluding hydrogens is 446 g/mol. The molecule has 158 valence electrons. The highest BCUT2D eigenvalue weighted by Gasteiger charge is 2.13. The number of benzene rings is 3. The molecule has 0 heterocycles. The van der Waals surface area contributed by atoms with E-state index in [-0.39, 0.29) is 28.7 Å². The number of nitrogens with zero attached hydrogens (tertiary/aromatic N) is 1. The molecule has 0 unspecified atom stereocenters. The maximum Gasteiger partial charge on any atom is 0.346 e. The lowest BCUT2D eigenvalue weighted by Crippen LogP contribution is -2.24. The van der Waals surface area contributed by atoms with Gasteiger partial charge in [-0.15, -0.1) is 0 Å². The first kappa shape index (κ1) is 22.3. The van der Waals surface area contributed by atoms with Gasteiger partial charge in [-0.2, -0.15) is 5.10 Å². The van der Waals surface area contributed by atoms with Gasteiger partial charge in [-0.3, -0.25) is 4.79 Å². The van der Waals surface area contributed by atoms with Crippen LogP contribution in [0.15, 0.2) is 71.8 Å². The van der Waals surface area contributed by atoms with Crippen molar-refractivity contribution < 1.29 is 23.5 Å². The van der Waals surface area contributed by atoms with Crippen LogP contribution >= 0.6 is 23.2 Å². The molecule has 3 aromatic rings. The summed E-state index contributed by atoms with van der Waals surface area (Å²) in [7, 11) is 0. The molecule has 1 N–H and O–H groups in total. The predicted octanol–water partition coefficient (Wildman–Crippen LogP) is 4.88. The summed E-state index contributed by atoms with van der Waals surface area (Å²) < 4.78 is 24.1. The van der Waals surface area contributed by atoms with E-state index < -0.39 is 17.7 Å². The number of ether oxygens (including phenoxy) is 2. The maximum atomic E-state index is 13.6. The molecule has 9 heteroatoms. The van der Waals surface area contributed by atoms with E-state index in [1.165, 1.54) is 36.5 Å². The number of halogens is 3. The summed E-state index contributed by atoms with van der Waals surface area (Å²) in [6.07, 6.45) is 1.40. The summed E-state index contributed by atoms with van der Waals surface area (Å²) >= 11 is 11.9. The first-order chi connectivity index (χ1) is 14.9. The van der Waals surface area contributed by atoms with E-state index in [0.29, 0.717) is 10.6 Å². The number of nitrogens with one attached hydrogen (secondary N) is 1. The van der Waals surface area contributed by atoms with Crippen LogP contribution in [0.25, 0.3) is 0 Å². The second-order valence-corrected chi connectivity index (χ2v) is 6.86. The summed E-state index contributed by atoms with van der Waals surface area (Å²) in [5.74, 6) is -1.43. The van der Waals surface area contributed by atoms with Gasteiger partial charge in [0.05, 0.1) is 16.8 Å². The molecule has 1 amide bonds. The first-order valence-electron chi connectivity index (χ1n) is 8.89. The van der Waals surface area contributed by atoms with E-state index in [0.717, 1.165) is 0 Å². The molecule has 0 saturated carbocycles. The van der Waals surface area contributed by atoms with Gasteiger partial charge in [-0.05, 0) is 54.1 Å². The van der Waals surface area contributed by atoms with Crippen LogP contribution < -0.4 is 14.9 Å². The molecule has 6 nitrogen and oxygen atoms in total. The van der Waals surface area contributed by atoms with Gasteiger partial charge in [0.25, 0.3) is 5.91 Å². The average Bonchev–Trinajstić information content (AvgIpc) is 2.76. The fourth-order valence-electron chi connectivity index (χ4n) is 2.36. The van der Waals surface area contributed by atoms with Crippen LogP contribution in [-0.2, 0) is 4.79 Å². The Balaban J connectivity index is 1.49. The number of rotatable bonds is 7. The van der Waals surface area contributed by atoms with Gasteiger partial charge < -0.3 is 9.47 Å². The summed E-state index contributed by atoms with van der Waals surface area (Å²) in [6, 6.07) is 16.7. The Morgan fingerprint density at radius 3 is 2.48 bits per heavy atom. The van der Waals surface area contributed by atoms with Crippen LogP contribution in [0.4, 0.5) is 4.39 Å². The molecule has 0 radical (unpaired) electrons. The molecule has 0 aliphatic carbocycles. The normalized spacial score (nSPS) is 10.7. The standard InChI is InChI=1S/C22H15Cl2FN2O4/c23-17-5-3-7-19(21(17)24)30-13-20(28)27-26-12-14-8-10-15(11-9-14)31-22(29)16-4-1-2-6-18(16)25/h1-12H,13H2,(H,27,28)/b26-12+. The number of hydrogen-bond donors (Lipinski definition) is 1. The van der Waals surface area contributed by atoms with Crippen molar-refractivity contribution in [2.24, 2.45) is 5.10 Å². The number of hydrogen-bond acceptors (Lipinski definition) is 5. The molecule has 0 aromatic heterocycles. The largest absolute Gasteiger partial charge is 0.482 e. The summed E-state index contributed by atoms with van der Waals surface area (Å²) in [5, 5.41) is 4.36. The molecule has 0 saturated heterocycles. The van der Waals surface area contributed by atoms with Crippen LogP contribution in [0, 0.1) is 5.82 Å². The molecule has 0 atom stereocenters. The summed E-state index contributed by atoms with van der Waals surface area (Å²) in [5.41, 5.74) is 2.79. The quantitative estimate of drug-likeness (QED) is 0.236. The highest BCUT2D eigenvalue weighted by molar-refractivity contribution is 6.42. The third-order valence-electron chi connectivity index (χ3n) is 3.86. The van der Waals surface area contributed by atoms with E-state index in [1.807, 2.05) is 0 Å². The smallest absolute Gasteiger partial charge is 0.346 e. The van der Waals surface area contributed by atoms with E-state index >= 15 is 0 Å². The van der Waals surface area contributed by atoms with E-state index in [9.17, 15) is 14.0 Å². The Morgan fingerprint density at radius 1 is 1.00 bits per heavy atom. The highest BCUT2D eigenvalue weighted by atomic mass is 35.5. The topological polar surface area (TPSA) is 77.0 Å². The van der Waals surface area contributed by atoms with E-state index in [1.54, 1.807) is 36.4 Å². The van der Waals surface area contributed by atoms with Gasteiger partial charge in [0.1, 0.15) is 22.3 Å². The Morgan fingerprint density at radius 2 is 1.74 bits per heavy atom. The summed E-state index contributed by atoms with van der Waals surface area (Å²) in [6.45, 7) is -0.303. The minimum atomic E-state index is -0.799. The van der Waals surface area contributed by atoms with Crippen LogP contribution in [0.1, 0.15) is 15.9 Å². The highest BCUT2D eigenvalue weighted by Crippen LogP contribution is 2.31.